The van der Waals surface area contributed by atoms with Gasteiger partial charge in [0.25, 0.3) is 0 Å². The zero-order valence-electron chi connectivity index (χ0n) is 26.4. The molecule has 7 atom stereocenters. The molecule has 2 saturated heterocycles. The number of halogens is 1. The summed E-state index contributed by atoms with van der Waals surface area (Å²) in [6, 6.07) is 10.2. The van der Waals surface area contributed by atoms with Gasteiger partial charge in [0.2, 0.25) is 10.0 Å². The van der Waals surface area contributed by atoms with E-state index in [0.717, 1.165) is 29.1 Å². The standard InChI is InChI=1S/C33H41FN4O7S2/c1-18(2)14-38(47(41,42)23-8-9-26-29(13-23)46-32(36-26)35-22-6-7-22)15-28(39)27(11-19-4-3-5-21(34)10-19)37-33(40)45-30-20-12-24-25(30)17-44-31(24)43-16-20/h3-5,8-10,13,18,20,22,24-25,27-28,30-31,39H,6-7,11-12,14-17H2,1-2H3,(H,35,36)(H,37,40)/t20-,24-,25-,27+,28-,30+,31+/m1/s1. The molecule has 11 nitrogen and oxygen atoms in total. The van der Waals surface area contributed by atoms with Crippen molar-refractivity contribution in [2.45, 2.75) is 75.0 Å². The smallest absolute Gasteiger partial charge is 0.407 e. The number of amides is 1. The van der Waals surface area contributed by atoms with Crippen molar-refractivity contribution in [1.82, 2.24) is 14.6 Å². The lowest BCUT2D eigenvalue weighted by Crippen LogP contribution is -2.52. The molecule has 14 heteroatoms. The van der Waals surface area contributed by atoms with Crippen molar-refractivity contribution in [2.75, 3.05) is 31.6 Å². The molecule has 1 amide bonds. The normalized spacial score (nSPS) is 26.6. The number of aromatic nitrogens is 1. The molecule has 2 saturated carbocycles. The number of fused-ring (bicyclic) bond motifs is 2. The Hall–Kier alpha value is -2.88. The molecule has 47 heavy (non-hydrogen) atoms. The summed E-state index contributed by atoms with van der Waals surface area (Å²) in [7, 11) is -4.06. The number of thiazole rings is 1. The molecule has 4 fully saturated rings. The lowest BCUT2D eigenvalue weighted by atomic mass is 9.98. The Bertz CT molecular complexity index is 1720. The van der Waals surface area contributed by atoms with Crippen LogP contribution in [0.1, 0.15) is 38.7 Å². The fourth-order valence-electron chi connectivity index (χ4n) is 7.05. The zero-order valence-corrected chi connectivity index (χ0v) is 28.0. The van der Waals surface area contributed by atoms with Crippen molar-refractivity contribution in [2.24, 2.45) is 23.7 Å². The Morgan fingerprint density at radius 1 is 1.15 bits per heavy atom. The third kappa shape index (κ3) is 7.13. The van der Waals surface area contributed by atoms with E-state index in [1.807, 2.05) is 13.8 Å². The number of nitrogens with one attached hydrogen (secondary N) is 2. The predicted molar refractivity (Wildman–Crippen MR) is 174 cm³/mol. The molecule has 2 aliphatic heterocycles. The van der Waals surface area contributed by atoms with Crippen molar-refractivity contribution in [3.8, 4) is 0 Å². The predicted octanol–water partition coefficient (Wildman–Crippen LogP) is 4.36. The molecule has 0 unspecified atom stereocenters. The number of sulfonamides is 1. The van der Waals surface area contributed by atoms with Crippen LogP contribution >= 0.6 is 11.3 Å². The third-order valence-electron chi connectivity index (χ3n) is 9.51. The summed E-state index contributed by atoms with van der Waals surface area (Å²) >= 11 is 1.41. The van der Waals surface area contributed by atoms with Crippen LogP contribution in [-0.2, 0) is 30.7 Å². The molecule has 3 aromatic rings. The molecule has 3 N–H and O–H groups in total. The van der Waals surface area contributed by atoms with Gasteiger partial charge in [-0.15, -0.1) is 0 Å². The Balaban J connectivity index is 1.10. The lowest BCUT2D eigenvalue weighted by Gasteiger charge is -2.31. The highest BCUT2D eigenvalue weighted by Gasteiger charge is 2.56. The first-order valence-corrected chi connectivity index (χ1v) is 18.6. The van der Waals surface area contributed by atoms with E-state index in [1.54, 1.807) is 24.3 Å². The first kappa shape index (κ1) is 32.7. The molecule has 254 valence electrons. The largest absolute Gasteiger partial charge is 0.445 e. The molecule has 0 spiro atoms. The lowest BCUT2D eigenvalue weighted by molar-refractivity contribution is -0.169. The Morgan fingerprint density at radius 3 is 2.72 bits per heavy atom. The SMILES string of the molecule is CC(C)CN(C[C@@H](O)[C@H](Cc1cccc(F)c1)NC(=O)O[C@H]1[C@H]2CO[C@H]3OC[C@@H]1[C@H]3C2)S(=O)(=O)c1ccc2nc(NC3CC3)sc2c1. The highest BCUT2D eigenvalue weighted by atomic mass is 32.2. The van der Waals surface area contributed by atoms with E-state index >= 15 is 0 Å². The average molecular weight is 689 g/mol. The highest BCUT2D eigenvalue weighted by molar-refractivity contribution is 7.89. The number of aliphatic hydroxyl groups is 1. The monoisotopic (exact) mass is 688 g/mol. The third-order valence-corrected chi connectivity index (χ3v) is 12.3. The number of benzene rings is 2. The summed E-state index contributed by atoms with van der Waals surface area (Å²) in [5, 5.41) is 18.6. The molecule has 7 rings (SSSR count). The van der Waals surface area contributed by atoms with Gasteiger partial charge in [0, 0.05) is 36.9 Å². The van der Waals surface area contributed by atoms with E-state index in [1.165, 1.54) is 33.8 Å². The number of hydrogen-bond acceptors (Lipinski definition) is 10. The first-order chi connectivity index (χ1) is 22.5. The minimum absolute atomic E-state index is 0.0352. The Labute approximate surface area is 277 Å². The first-order valence-electron chi connectivity index (χ1n) is 16.3. The van der Waals surface area contributed by atoms with Crippen molar-refractivity contribution in [3.63, 3.8) is 0 Å². The summed E-state index contributed by atoms with van der Waals surface area (Å²) in [4.78, 5) is 18.1. The van der Waals surface area contributed by atoms with Gasteiger partial charge < -0.3 is 30.0 Å². The Morgan fingerprint density at radius 2 is 1.96 bits per heavy atom. The number of carbonyl (C=O) groups excluding carboxylic acids is 1. The van der Waals surface area contributed by atoms with E-state index in [4.69, 9.17) is 14.2 Å². The maximum absolute atomic E-state index is 14.1. The number of rotatable bonds is 13. The van der Waals surface area contributed by atoms with Crippen LogP contribution < -0.4 is 10.6 Å². The van der Waals surface area contributed by atoms with Crippen LogP contribution in [0.15, 0.2) is 47.4 Å². The maximum atomic E-state index is 14.1. The second-order valence-electron chi connectivity index (χ2n) is 13.7. The fraction of sp³-hybridized carbons (Fsp3) is 0.576. The number of hydrogen-bond donors (Lipinski definition) is 3. The van der Waals surface area contributed by atoms with Crippen LogP contribution in [0.3, 0.4) is 0 Å². The molecule has 2 aromatic carbocycles. The van der Waals surface area contributed by atoms with Crippen molar-refractivity contribution >= 4 is 42.8 Å². The number of anilines is 1. The topological polar surface area (TPSA) is 139 Å². The van der Waals surface area contributed by atoms with E-state index in [9.17, 15) is 22.7 Å². The van der Waals surface area contributed by atoms with E-state index in [-0.39, 0.29) is 60.5 Å². The summed E-state index contributed by atoms with van der Waals surface area (Å²) in [5.41, 5.74) is 1.25. The molecule has 1 aromatic heterocycles. The summed E-state index contributed by atoms with van der Waals surface area (Å²) in [6.45, 7) is 4.53. The number of ether oxygens (including phenoxy) is 3. The fourth-order valence-corrected chi connectivity index (χ4v) is 9.76. The minimum atomic E-state index is -4.06. The summed E-state index contributed by atoms with van der Waals surface area (Å²) in [6.07, 6.45) is 0.393. The van der Waals surface area contributed by atoms with E-state index in [0.29, 0.717) is 30.3 Å². The van der Waals surface area contributed by atoms with Gasteiger partial charge in [-0.05, 0) is 67.5 Å². The summed E-state index contributed by atoms with van der Waals surface area (Å²) in [5.74, 6) is -0.233. The number of aliphatic hydroxyl groups excluding tert-OH is 1. The van der Waals surface area contributed by atoms with Gasteiger partial charge in [0.05, 0.1) is 40.5 Å². The van der Waals surface area contributed by atoms with Gasteiger partial charge in [-0.3, -0.25) is 0 Å². The van der Waals surface area contributed by atoms with Crippen LogP contribution in [0.2, 0.25) is 0 Å². The van der Waals surface area contributed by atoms with Crippen molar-refractivity contribution in [3.05, 3.63) is 53.8 Å². The van der Waals surface area contributed by atoms with Crippen molar-refractivity contribution < 1.29 is 36.9 Å². The van der Waals surface area contributed by atoms with Crippen molar-refractivity contribution in [1.29, 1.82) is 0 Å². The van der Waals surface area contributed by atoms with Crippen LogP contribution in [0.4, 0.5) is 14.3 Å². The van der Waals surface area contributed by atoms with Crippen LogP contribution in [0, 0.1) is 29.5 Å². The van der Waals surface area contributed by atoms with Gasteiger partial charge in [0.15, 0.2) is 11.4 Å². The molecule has 0 radical (unpaired) electrons. The maximum Gasteiger partial charge on any atom is 0.407 e. The molecule has 2 bridgehead atoms. The van der Waals surface area contributed by atoms with Crippen LogP contribution in [0.25, 0.3) is 10.2 Å². The van der Waals surface area contributed by atoms with Gasteiger partial charge >= 0.3 is 6.09 Å². The molecule has 3 heterocycles. The molecular weight excluding hydrogens is 648 g/mol. The highest BCUT2D eigenvalue weighted by Crippen LogP contribution is 2.49. The quantitative estimate of drug-likeness (QED) is 0.239. The number of alkyl carbamates (subject to hydrolysis) is 1. The van der Waals surface area contributed by atoms with E-state index < -0.39 is 34.1 Å². The molecule has 2 aliphatic carbocycles. The van der Waals surface area contributed by atoms with Gasteiger partial charge in [-0.25, -0.2) is 22.6 Å². The second-order valence-corrected chi connectivity index (χ2v) is 16.6. The van der Waals surface area contributed by atoms with E-state index in [2.05, 4.69) is 15.6 Å². The molecule has 4 aliphatic rings. The molecular formula is C33H41FN4O7S2. The summed E-state index contributed by atoms with van der Waals surface area (Å²) < 4.78 is 61.8. The van der Waals surface area contributed by atoms with Crippen LogP contribution in [0.5, 0.6) is 0 Å². The average Bonchev–Trinajstić information content (AvgIpc) is 3.48. The number of nitrogens with zero attached hydrogens (tertiary/aromatic N) is 2. The minimum Gasteiger partial charge on any atom is -0.445 e. The zero-order chi connectivity index (χ0) is 32.9. The van der Waals surface area contributed by atoms with Gasteiger partial charge in [-0.2, -0.15) is 4.31 Å². The van der Waals surface area contributed by atoms with Gasteiger partial charge in [-0.1, -0.05) is 37.3 Å². The van der Waals surface area contributed by atoms with Crippen LogP contribution in [-0.4, -0.2) is 85.8 Å². The Kier molecular flexibility index (Phi) is 9.17. The van der Waals surface area contributed by atoms with Gasteiger partial charge in [0.1, 0.15) is 11.9 Å². The number of carbonyl (C=O) groups is 1. The second kappa shape index (κ2) is 13.2.